The summed E-state index contributed by atoms with van der Waals surface area (Å²) in [5.74, 6) is 5.18. The number of amides is 1. The fourth-order valence-corrected chi connectivity index (χ4v) is 1.34. The molecule has 1 aromatic rings. The van der Waals surface area contributed by atoms with Crippen LogP contribution in [0.3, 0.4) is 0 Å². The van der Waals surface area contributed by atoms with Gasteiger partial charge in [0.1, 0.15) is 13.2 Å². The number of benzene rings is 1. The molecule has 0 heterocycles. The molecule has 0 bridgehead atoms. The van der Waals surface area contributed by atoms with E-state index >= 15 is 0 Å². The van der Waals surface area contributed by atoms with Crippen LogP contribution in [0.15, 0.2) is 18.2 Å². The lowest BCUT2D eigenvalue weighted by Crippen LogP contribution is -2.17. The number of rotatable bonds is 3. The highest BCUT2D eigenvalue weighted by Gasteiger charge is 2.04. The van der Waals surface area contributed by atoms with Gasteiger partial charge in [-0.3, -0.25) is 4.79 Å². The second-order valence-corrected chi connectivity index (χ2v) is 3.47. The zero-order chi connectivity index (χ0) is 12.7. The van der Waals surface area contributed by atoms with Gasteiger partial charge in [0.2, 0.25) is 5.91 Å². The molecule has 0 aliphatic heterocycles. The van der Waals surface area contributed by atoms with Gasteiger partial charge in [0.15, 0.2) is 0 Å². The Kier molecular flexibility index (Phi) is 5.21. The van der Waals surface area contributed by atoms with Gasteiger partial charge >= 0.3 is 0 Å². The summed E-state index contributed by atoms with van der Waals surface area (Å²) in [5, 5.41) is 11.3. The van der Waals surface area contributed by atoms with E-state index in [0.29, 0.717) is 0 Å². The molecule has 1 aromatic carbocycles. The number of carbonyl (C=O) groups excluding carboxylic acids is 1. The minimum Gasteiger partial charge on any atom is -0.384 e. The van der Waals surface area contributed by atoms with E-state index in [1.54, 1.807) is 12.1 Å². The highest BCUT2D eigenvalue weighted by atomic mass is 16.5. The van der Waals surface area contributed by atoms with Crippen molar-refractivity contribution in [1.82, 2.24) is 0 Å². The van der Waals surface area contributed by atoms with Crippen LogP contribution in [0.25, 0.3) is 0 Å². The van der Waals surface area contributed by atoms with Crippen LogP contribution in [-0.2, 0) is 9.53 Å². The molecule has 0 aliphatic rings. The molecule has 0 saturated heterocycles. The Morgan fingerprint density at radius 2 is 2.29 bits per heavy atom. The Balaban J connectivity index is 2.79. The number of methoxy groups -OCH3 is 1. The molecular formula is C13H15NO3. The predicted octanol–water partition coefficient (Wildman–Crippen LogP) is 0.924. The third kappa shape index (κ3) is 4.27. The largest absolute Gasteiger partial charge is 0.384 e. The van der Waals surface area contributed by atoms with Crippen molar-refractivity contribution in [2.75, 3.05) is 25.6 Å². The number of ether oxygens (including phenoxy) is 1. The van der Waals surface area contributed by atoms with Gasteiger partial charge in [0.25, 0.3) is 0 Å². The first-order chi connectivity index (χ1) is 8.17. The number of anilines is 1. The number of hydrogen-bond donors (Lipinski definition) is 2. The van der Waals surface area contributed by atoms with Crippen molar-refractivity contribution in [1.29, 1.82) is 0 Å². The first kappa shape index (κ1) is 13.2. The van der Waals surface area contributed by atoms with Crippen LogP contribution in [0.1, 0.15) is 11.1 Å². The minimum atomic E-state index is -0.190. The van der Waals surface area contributed by atoms with Crippen molar-refractivity contribution in [3.05, 3.63) is 29.3 Å². The summed E-state index contributed by atoms with van der Waals surface area (Å²) in [6, 6.07) is 5.42. The van der Waals surface area contributed by atoms with E-state index < -0.39 is 0 Å². The van der Waals surface area contributed by atoms with Crippen molar-refractivity contribution >= 4 is 11.6 Å². The maximum Gasteiger partial charge on any atom is 0.250 e. The smallest absolute Gasteiger partial charge is 0.250 e. The molecule has 0 saturated carbocycles. The lowest BCUT2D eigenvalue weighted by molar-refractivity contribution is -0.119. The molecule has 2 N–H and O–H groups in total. The molecule has 0 radical (unpaired) electrons. The quantitative estimate of drug-likeness (QED) is 0.763. The zero-order valence-electron chi connectivity index (χ0n) is 9.91. The van der Waals surface area contributed by atoms with Gasteiger partial charge in [-0.05, 0) is 30.7 Å². The molecule has 4 nitrogen and oxygen atoms in total. The van der Waals surface area contributed by atoms with Gasteiger partial charge in [-0.2, -0.15) is 0 Å². The van der Waals surface area contributed by atoms with Gasteiger partial charge in [0.05, 0.1) is 0 Å². The molecule has 0 aromatic heterocycles. The van der Waals surface area contributed by atoms with Gasteiger partial charge < -0.3 is 15.2 Å². The molecule has 17 heavy (non-hydrogen) atoms. The summed E-state index contributed by atoms with van der Waals surface area (Å²) in [7, 11) is 1.47. The maximum atomic E-state index is 11.3. The number of aryl methyl sites for hydroxylation is 1. The molecule has 0 fully saturated rings. The fraction of sp³-hybridized carbons (Fsp3) is 0.308. The predicted molar refractivity (Wildman–Crippen MR) is 65.6 cm³/mol. The average molecular weight is 233 g/mol. The van der Waals surface area contributed by atoms with Crippen LogP contribution in [0, 0.1) is 18.8 Å². The second kappa shape index (κ2) is 6.69. The van der Waals surface area contributed by atoms with Crippen LogP contribution in [0.5, 0.6) is 0 Å². The van der Waals surface area contributed by atoms with E-state index in [1.807, 2.05) is 13.0 Å². The Hall–Kier alpha value is -1.83. The van der Waals surface area contributed by atoms with Crippen LogP contribution >= 0.6 is 0 Å². The van der Waals surface area contributed by atoms with E-state index in [-0.39, 0.29) is 19.1 Å². The summed E-state index contributed by atoms with van der Waals surface area (Å²) in [5.41, 5.74) is 2.46. The van der Waals surface area contributed by atoms with E-state index in [0.717, 1.165) is 16.8 Å². The first-order valence-corrected chi connectivity index (χ1v) is 5.16. The highest BCUT2D eigenvalue weighted by molar-refractivity contribution is 5.92. The summed E-state index contributed by atoms with van der Waals surface area (Å²) in [6.45, 7) is 1.75. The molecule has 0 unspecified atom stereocenters. The fourth-order valence-electron chi connectivity index (χ4n) is 1.34. The van der Waals surface area contributed by atoms with Crippen LogP contribution < -0.4 is 5.32 Å². The van der Waals surface area contributed by atoms with Crippen molar-refractivity contribution in [2.45, 2.75) is 6.92 Å². The Morgan fingerprint density at radius 3 is 2.88 bits per heavy atom. The third-order valence-electron chi connectivity index (χ3n) is 2.09. The van der Waals surface area contributed by atoms with E-state index in [9.17, 15) is 4.79 Å². The van der Waals surface area contributed by atoms with Crippen molar-refractivity contribution in [3.63, 3.8) is 0 Å². The monoisotopic (exact) mass is 233 g/mol. The number of carbonyl (C=O) groups is 1. The summed E-state index contributed by atoms with van der Waals surface area (Å²) in [6.07, 6.45) is 0. The normalized spacial score (nSPS) is 9.35. The van der Waals surface area contributed by atoms with Crippen molar-refractivity contribution in [2.24, 2.45) is 0 Å². The Labute approximate surface area is 101 Å². The van der Waals surface area contributed by atoms with Gasteiger partial charge in [-0.1, -0.05) is 11.8 Å². The van der Waals surface area contributed by atoms with Crippen LogP contribution in [0.2, 0.25) is 0 Å². The lowest BCUT2D eigenvalue weighted by atomic mass is 10.1. The topological polar surface area (TPSA) is 58.6 Å². The summed E-state index contributed by atoms with van der Waals surface area (Å²) in [4.78, 5) is 11.3. The highest BCUT2D eigenvalue weighted by Crippen LogP contribution is 2.15. The van der Waals surface area contributed by atoms with Gasteiger partial charge in [-0.15, -0.1) is 0 Å². The van der Waals surface area contributed by atoms with Crippen LogP contribution in [0.4, 0.5) is 5.69 Å². The number of aliphatic hydroxyl groups excluding tert-OH is 1. The summed E-state index contributed by atoms with van der Waals surface area (Å²) >= 11 is 0. The van der Waals surface area contributed by atoms with E-state index in [4.69, 9.17) is 9.84 Å². The number of hydrogen-bond acceptors (Lipinski definition) is 3. The van der Waals surface area contributed by atoms with E-state index in [1.165, 1.54) is 7.11 Å². The average Bonchev–Trinajstić information content (AvgIpc) is 2.30. The minimum absolute atomic E-state index is 0.0332. The molecule has 1 rings (SSSR count). The third-order valence-corrected chi connectivity index (χ3v) is 2.09. The SMILES string of the molecule is COCC(=O)Nc1ccc(C#CCO)cc1C. The van der Waals surface area contributed by atoms with Crippen molar-refractivity contribution in [3.8, 4) is 11.8 Å². The molecule has 0 aliphatic carbocycles. The van der Waals surface area contributed by atoms with Crippen LogP contribution in [-0.4, -0.2) is 31.3 Å². The molecule has 1 amide bonds. The standard InChI is InChI=1S/C13H15NO3/c1-10-8-11(4-3-7-15)5-6-12(10)14-13(16)9-17-2/h5-6,8,15H,7,9H2,1-2H3,(H,14,16). The second-order valence-electron chi connectivity index (χ2n) is 3.47. The molecule has 0 atom stereocenters. The Morgan fingerprint density at radius 1 is 1.53 bits per heavy atom. The molecule has 4 heteroatoms. The zero-order valence-corrected chi connectivity index (χ0v) is 9.91. The molecular weight excluding hydrogens is 218 g/mol. The number of aliphatic hydroxyl groups is 1. The van der Waals surface area contributed by atoms with Gasteiger partial charge in [0, 0.05) is 18.4 Å². The first-order valence-electron chi connectivity index (χ1n) is 5.16. The van der Waals surface area contributed by atoms with Gasteiger partial charge in [-0.25, -0.2) is 0 Å². The lowest BCUT2D eigenvalue weighted by Gasteiger charge is -2.08. The molecule has 0 spiro atoms. The Bertz CT molecular complexity index is 457. The maximum absolute atomic E-state index is 11.3. The molecule has 90 valence electrons. The van der Waals surface area contributed by atoms with Crippen molar-refractivity contribution < 1.29 is 14.6 Å². The summed E-state index contributed by atoms with van der Waals surface area (Å²) < 4.78 is 4.73. The van der Waals surface area contributed by atoms with E-state index in [2.05, 4.69) is 17.2 Å². The number of nitrogens with one attached hydrogen (secondary N) is 1.